The van der Waals surface area contributed by atoms with Crippen LogP contribution in [-0.4, -0.2) is 41.5 Å². The predicted octanol–water partition coefficient (Wildman–Crippen LogP) is 3.33. The van der Waals surface area contributed by atoms with E-state index in [1.54, 1.807) is 24.5 Å². The number of Topliss-reactive ketones (excluding diaryl/α,β-unsaturated/α-hetero) is 1. The SMILES string of the molecule is CC(=O)C1=CN2C(c3ccc(C(=O)NC4CC4)c(C)c3)=CNC2C(NCCC(F)(F)F)=C1. The number of rotatable bonds is 7. The van der Waals surface area contributed by atoms with Crippen LogP contribution in [0, 0.1) is 6.92 Å². The molecular formula is C23H25F3N4O2. The molecule has 2 heterocycles. The maximum Gasteiger partial charge on any atom is 0.390 e. The minimum Gasteiger partial charge on any atom is -0.385 e. The van der Waals surface area contributed by atoms with Crippen LogP contribution in [-0.2, 0) is 4.79 Å². The molecule has 170 valence electrons. The number of benzene rings is 1. The Morgan fingerprint density at radius 3 is 2.62 bits per heavy atom. The second-order valence-electron chi connectivity index (χ2n) is 8.32. The van der Waals surface area contributed by atoms with Crippen molar-refractivity contribution in [1.29, 1.82) is 0 Å². The molecule has 3 N–H and O–H groups in total. The van der Waals surface area contributed by atoms with Gasteiger partial charge < -0.3 is 20.9 Å². The summed E-state index contributed by atoms with van der Waals surface area (Å²) in [5, 5.41) is 8.98. The van der Waals surface area contributed by atoms with E-state index in [-0.39, 0.29) is 24.3 Å². The number of hydrogen-bond acceptors (Lipinski definition) is 5. The first-order chi connectivity index (χ1) is 15.1. The maximum absolute atomic E-state index is 12.6. The lowest BCUT2D eigenvalue weighted by atomic mass is 10.0. The Hall–Kier alpha value is -3.23. The van der Waals surface area contributed by atoms with Crippen LogP contribution < -0.4 is 16.0 Å². The molecule has 3 aliphatic rings. The maximum atomic E-state index is 12.6. The molecule has 1 aliphatic carbocycles. The van der Waals surface area contributed by atoms with Crippen molar-refractivity contribution in [2.75, 3.05) is 6.54 Å². The van der Waals surface area contributed by atoms with Crippen LogP contribution >= 0.6 is 0 Å². The molecule has 0 radical (unpaired) electrons. The Balaban J connectivity index is 1.54. The van der Waals surface area contributed by atoms with Crippen molar-refractivity contribution >= 4 is 17.4 Å². The Labute approximate surface area is 184 Å². The predicted molar refractivity (Wildman–Crippen MR) is 114 cm³/mol. The fourth-order valence-corrected chi connectivity index (χ4v) is 3.76. The van der Waals surface area contributed by atoms with E-state index < -0.39 is 18.8 Å². The van der Waals surface area contributed by atoms with E-state index >= 15 is 0 Å². The molecule has 1 aromatic carbocycles. The molecule has 4 rings (SSSR count). The number of nitrogens with zero attached hydrogens (tertiary/aromatic N) is 1. The zero-order chi connectivity index (χ0) is 23.0. The van der Waals surface area contributed by atoms with Crippen LogP contribution in [0.15, 0.2) is 47.9 Å². The normalized spacial score (nSPS) is 20.0. The lowest BCUT2D eigenvalue weighted by molar-refractivity contribution is -0.133. The van der Waals surface area contributed by atoms with E-state index in [0.717, 1.165) is 29.7 Å². The first-order valence-corrected chi connectivity index (χ1v) is 10.5. The smallest absolute Gasteiger partial charge is 0.385 e. The first kappa shape index (κ1) is 22.0. The summed E-state index contributed by atoms with van der Waals surface area (Å²) in [7, 11) is 0. The largest absolute Gasteiger partial charge is 0.390 e. The number of ketones is 1. The summed E-state index contributed by atoms with van der Waals surface area (Å²) in [6, 6.07) is 5.77. The van der Waals surface area contributed by atoms with E-state index in [1.165, 1.54) is 6.92 Å². The zero-order valence-electron chi connectivity index (χ0n) is 17.8. The summed E-state index contributed by atoms with van der Waals surface area (Å²) in [6.07, 6.45) is 1.38. The van der Waals surface area contributed by atoms with Gasteiger partial charge >= 0.3 is 6.18 Å². The van der Waals surface area contributed by atoms with Gasteiger partial charge in [-0.15, -0.1) is 0 Å². The van der Waals surface area contributed by atoms with E-state index in [1.807, 2.05) is 24.0 Å². The molecule has 2 aliphatic heterocycles. The minimum atomic E-state index is -4.27. The van der Waals surface area contributed by atoms with Gasteiger partial charge in [0, 0.05) is 36.1 Å². The molecule has 1 aromatic rings. The quantitative estimate of drug-likeness (QED) is 0.599. The van der Waals surface area contributed by atoms with Gasteiger partial charge in [-0.2, -0.15) is 13.2 Å². The van der Waals surface area contributed by atoms with Crippen molar-refractivity contribution in [2.24, 2.45) is 0 Å². The van der Waals surface area contributed by atoms with E-state index in [4.69, 9.17) is 0 Å². The third-order valence-corrected chi connectivity index (χ3v) is 5.64. The van der Waals surface area contributed by atoms with Crippen LogP contribution in [0.4, 0.5) is 13.2 Å². The molecule has 1 unspecified atom stereocenters. The fourth-order valence-electron chi connectivity index (χ4n) is 3.76. The van der Waals surface area contributed by atoms with Crippen molar-refractivity contribution in [3.63, 3.8) is 0 Å². The molecule has 6 nitrogen and oxygen atoms in total. The Kier molecular flexibility index (Phi) is 5.75. The average Bonchev–Trinajstić information content (AvgIpc) is 3.41. The number of aryl methyl sites for hydroxylation is 1. The monoisotopic (exact) mass is 446 g/mol. The summed E-state index contributed by atoms with van der Waals surface area (Å²) < 4.78 is 37.7. The summed E-state index contributed by atoms with van der Waals surface area (Å²) in [6.45, 7) is 2.99. The molecule has 0 bridgehead atoms. The van der Waals surface area contributed by atoms with Crippen molar-refractivity contribution < 1.29 is 22.8 Å². The van der Waals surface area contributed by atoms with Gasteiger partial charge in [0.2, 0.25) is 0 Å². The van der Waals surface area contributed by atoms with Crippen LogP contribution in [0.2, 0.25) is 0 Å². The van der Waals surface area contributed by atoms with Gasteiger partial charge in [0.25, 0.3) is 5.91 Å². The molecule has 9 heteroatoms. The van der Waals surface area contributed by atoms with E-state index in [9.17, 15) is 22.8 Å². The lowest BCUT2D eigenvalue weighted by Gasteiger charge is -2.32. The van der Waals surface area contributed by atoms with Crippen molar-refractivity contribution in [1.82, 2.24) is 20.9 Å². The Morgan fingerprint density at radius 2 is 2.00 bits per heavy atom. The van der Waals surface area contributed by atoms with Gasteiger partial charge in [-0.05, 0) is 56.0 Å². The Morgan fingerprint density at radius 1 is 1.25 bits per heavy atom. The van der Waals surface area contributed by atoms with Crippen molar-refractivity contribution in [3.8, 4) is 0 Å². The lowest BCUT2D eigenvalue weighted by Crippen LogP contribution is -2.43. The van der Waals surface area contributed by atoms with Gasteiger partial charge in [0.1, 0.15) is 6.17 Å². The van der Waals surface area contributed by atoms with Crippen molar-refractivity contribution in [3.05, 3.63) is 64.6 Å². The second kappa shape index (κ2) is 8.37. The Bertz CT molecular complexity index is 1040. The molecule has 1 fully saturated rings. The summed E-state index contributed by atoms with van der Waals surface area (Å²) in [5.74, 6) is -0.281. The number of hydrogen-bond donors (Lipinski definition) is 3. The molecular weight excluding hydrogens is 421 g/mol. The van der Waals surface area contributed by atoms with Gasteiger partial charge in [-0.25, -0.2) is 0 Å². The van der Waals surface area contributed by atoms with Crippen LogP contribution in [0.3, 0.4) is 0 Å². The highest BCUT2D eigenvalue weighted by Crippen LogP contribution is 2.33. The number of carbonyl (C=O) groups is 2. The standard InChI is InChI=1S/C23H25F3N4O2/c1-13-9-15(3-6-18(13)22(32)29-17-4-5-17)20-11-28-21-19(27-8-7-23(24,25)26)10-16(14(2)31)12-30(20)21/h3,6,9-12,17,21,27-28H,4-5,7-8H2,1-2H3,(H,29,32). The van der Waals surface area contributed by atoms with Gasteiger partial charge in [-0.3, -0.25) is 9.59 Å². The highest BCUT2D eigenvalue weighted by Gasteiger charge is 2.34. The molecule has 32 heavy (non-hydrogen) atoms. The van der Waals surface area contributed by atoms with Gasteiger partial charge in [0.05, 0.1) is 17.8 Å². The minimum absolute atomic E-state index is 0.0937. The summed E-state index contributed by atoms with van der Waals surface area (Å²) in [4.78, 5) is 26.3. The number of fused-ring (bicyclic) bond motifs is 1. The van der Waals surface area contributed by atoms with Crippen LogP contribution in [0.25, 0.3) is 5.70 Å². The first-order valence-electron chi connectivity index (χ1n) is 10.5. The van der Waals surface area contributed by atoms with Crippen LogP contribution in [0.5, 0.6) is 0 Å². The number of amides is 1. The molecule has 1 amide bonds. The number of nitrogens with one attached hydrogen (secondary N) is 3. The van der Waals surface area contributed by atoms with Crippen molar-refractivity contribution in [2.45, 2.75) is 51.5 Å². The highest BCUT2D eigenvalue weighted by molar-refractivity contribution is 5.97. The van der Waals surface area contributed by atoms with Crippen LogP contribution in [0.1, 0.15) is 47.7 Å². The molecule has 0 spiro atoms. The number of halogens is 3. The summed E-state index contributed by atoms with van der Waals surface area (Å²) in [5.41, 5.74) is 3.90. The number of carbonyl (C=O) groups excluding carboxylic acids is 2. The summed E-state index contributed by atoms with van der Waals surface area (Å²) >= 11 is 0. The second-order valence-corrected chi connectivity index (χ2v) is 8.32. The molecule has 1 saturated carbocycles. The molecule has 0 aromatic heterocycles. The zero-order valence-corrected chi connectivity index (χ0v) is 17.8. The van der Waals surface area contributed by atoms with E-state index in [0.29, 0.717) is 16.8 Å². The number of alkyl halides is 3. The number of allylic oxidation sites excluding steroid dienone is 2. The van der Waals surface area contributed by atoms with Gasteiger partial charge in [0.15, 0.2) is 5.78 Å². The highest BCUT2D eigenvalue weighted by atomic mass is 19.4. The topological polar surface area (TPSA) is 73.5 Å². The third-order valence-electron chi connectivity index (χ3n) is 5.64. The molecule has 0 saturated heterocycles. The van der Waals surface area contributed by atoms with Gasteiger partial charge in [-0.1, -0.05) is 6.07 Å². The fraction of sp³-hybridized carbons (Fsp3) is 0.391. The van der Waals surface area contributed by atoms with E-state index in [2.05, 4.69) is 16.0 Å². The third kappa shape index (κ3) is 4.81. The molecule has 1 atom stereocenters. The average molecular weight is 446 g/mol.